The molecule has 1 rings (SSSR count). The lowest BCUT2D eigenvalue weighted by Crippen LogP contribution is -2.61. The average molecular weight is 641 g/mol. The second kappa shape index (κ2) is 15.8. The molecule has 44 heavy (non-hydrogen) atoms. The average Bonchev–Trinajstić information content (AvgIpc) is 2.90. The first-order valence-electron chi connectivity index (χ1n) is 14.3. The van der Waals surface area contributed by atoms with Gasteiger partial charge in [-0.05, 0) is 30.9 Å². The third kappa shape index (κ3) is 11.1. The largest absolute Gasteiger partial charge is 0.480 e. The maximum Gasteiger partial charge on any atom is 0.469 e. The van der Waals surface area contributed by atoms with Crippen LogP contribution >= 0.6 is 7.82 Å². The Bertz CT molecular complexity index is 1240. The van der Waals surface area contributed by atoms with Gasteiger partial charge in [0, 0.05) is 18.0 Å². The highest BCUT2D eigenvalue weighted by Crippen LogP contribution is 2.35. The quantitative estimate of drug-likeness (QED) is 0.122. The van der Waals surface area contributed by atoms with Crippen LogP contribution in [0.2, 0.25) is 0 Å². The molecule has 0 aromatic heterocycles. The molecule has 6 N–H and O–H groups in total. The molecule has 0 fully saturated rings. The number of carbonyl (C=O) groups excluding carboxylic acids is 3. The van der Waals surface area contributed by atoms with E-state index in [2.05, 4.69) is 20.5 Å². The van der Waals surface area contributed by atoms with E-state index in [4.69, 9.17) is 9.79 Å². The van der Waals surface area contributed by atoms with E-state index in [0.29, 0.717) is 0 Å². The van der Waals surface area contributed by atoms with Crippen molar-refractivity contribution in [1.82, 2.24) is 20.9 Å². The van der Waals surface area contributed by atoms with Crippen molar-refractivity contribution in [2.45, 2.75) is 85.0 Å². The number of aliphatic carboxylic acids is 1. The minimum absolute atomic E-state index is 0.0713. The number of hydrogen-bond acceptors (Lipinski definition) is 7. The molecule has 0 heterocycles. The minimum atomic E-state index is -4.96. The van der Waals surface area contributed by atoms with E-state index in [1.807, 2.05) is 78.8 Å². The Labute approximate surface area is 260 Å². The third-order valence-electron chi connectivity index (χ3n) is 7.46. The van der Waals surface area contributed by atoms with Crippen molar-refractivity contribution >= 4 is 31.5 Å². The van der Waals surface area contributed by atoms with Crippen LogP contribution < -0.4 is 16.0 Å². The van der Waals surface area contributed by atoms with Crippen LogP contribution in [0, 0.1) is 11.3 Å². The summed E-state index contributed by atoms with van der Waals surface area (Å²) in [6.45, 7) is 13.6. The Morgan fingerprint density at radius 1 is 1.00 bits per heavy atom. The fourth-order valence-corrected chi connectivity index (χ4v) is 5.12. The standard InChI is InChI=1S/C30H49N4O9P/c1-18(2)22(16-19(3)25(35)32-21(28(38)39)17-43-44(40,41)42)34(10)27(37)24(29(4,5)6)33-26(36)23(31-9)30(7,8)20-14-12-11-13-15-20/h11-16,18,21-24,31H,17H2,1-10H3,(H,32,35)(H,33,36)(H,38,39)(H2,40,41,42)/b19-16+/t21-,22+,23+,24?/m0/s1. The molecule has 0 aliphatic heterocycles. The summed E-state index contributed by atoms with van der Waals surface area (Å²) in [6, 6.07) is 5.62. The van der Waals surface area contributed by atoms with Crippen molar-refractivity contribution in [3.63, 3.8) is 0 Å². The molecule has 248 valence electrons. The zero-order valence-corrected chi connectivity index (χ0v) is 28.1. The van der Waals surface area contributed by atoms with Crippen LogP contribution in [0.25, 0.3) is 0 Å². The second-order valence-corrected chi connectivity index (χ2v) is 14.0. The molecular weight excluding hydrogens is 591 g/mol. The number of amides is 3. The predicted octanol–water partition coefficient (Wildman–Crippen LogP) is 2.19. The summed E-state index contributed by atoms with van der Waals surface area (Å²) in [5, 5.41) is 17.6. The molecule has 0 radical (unpaired) electrons. The van der Waals surface area contributed by atoms with Gasteiger partial charge in [0.05, 0.1) is 18.7 Å². The lowest BCUT2D eigenvalue weighted by atomic mass is 9.76. The summed E-state index contributed by atoms with van der Waals surface area (Å²) in [7, 11) is -1.70. The monoisotopic (exact) mass is 640 g/mol. The van der Waals surface area contributed by atoms with Gasteiger partial charge in [0.1, 0.15) is 6.04 Å². The zero-order chi connectivity index (χ0) is 34.2. The van der Waals surface area contributed by atoms with E-state index in [1.165, 1.54) is 17.9 Å². The van der Waals surface area contributed by atoms with Gasteiger partial charge in [0.15, 0.2) is 6.04 Å². The van der Waals surface area contributed by atoms with Crippen molar-refractivity contribution in [3.05, 3.63) is 47.5 Å². The van der Waals surface area contributed by atoms with Gasteiger partial charge >= 0.3 is 13.8 Å². The van der Waals surface area contributed by atoms with Crippen molar-refractivity contribution in [3.8, 4) is 0 Å². The van der Waals surface area contributed by atoms with Gasteiger partial charge in [-0.2, -0.15) is 0 Å². The van der Waals surface area contributed by atoms with E-state index in [9.17, 15) is 28.8 Å². The number of phosphoric acid groups is 1. The van der Waals surface area contributed by atoms with E-state index >= 15 is 0 Å². The van der Waals surface area contributed by atoms with Crippen molar-refractivity contribution in [1.29, 1.82) is 0 Å². The lowest BCUT2D eigenvalue weighted by molar-refractivity contribution is -0.142. The smallest absolute Gasteiger partial charge is 0.469 e. The molecule has 4 atom stereocenters. The molecule has 1 aromatic rings. The molecule has 14 heteroatoms. The first-order chi connectivity index (χ1) is 20.0. The Balaban J connectivity index is 3.27. The summed E-state index contributed by atoms with van der Waals surface area (Å²) in [5.74, 6) is -3.31. The summed E-state index contributed by atoms with van der Waals surface area (Å²) >= 11 is 0. The molecule has 0 bridgehead atoms. The molecule has 0 spiro atoms. The SMILES string of the molecule is CN[C@H](C(=O)NC(C(=O)N(C)[C@H](/C=C(\C)C(=O)N[C@@H](COP(=O)(O)O)C(=O)O)C(C)C)C(C)(C)C)C(C)(C)c1ccccc1. The van der Waals surface area contributed by atoms with Crippen molar-refractivity contribution in [2.75, 3.05) is 20.7 Å². The number of carboxylic acids is 1. The highest BCUT2D eigenvalue weighted by Gasteiger charge is 2.41. The van der Waals surface area contributed by atoms with Crippen LogP contribution in [0.3, 0.4) is 0 Å². The van der Waals surface area contributed by atoms with Crippen LogP contribution in [0.1, 0.15) is 61.0 Å². The number of nitrogens with one attached hydrogen (secondary N) is 3. The number of rotatable bonds is 15. The zero-order valence-electron chi connectivity index (χ0n) is 27.2. The Morgan fingerprint density at radius 3 is 1.98 bits per heavy atom. The molecule has 0 aliphatic carbocycles. The molecular formula is C30H49N4O9P. The van der Waals surface area contributed by atoms with Crippen LogP contribution in [0.15, 0.2) is 42.0 Å². The van der Waals surface area contributed by atoms with E-state index in [1.54, 1.807) is 14.1 Å². The Hall–Kier alpha value is -3.09. The lowest BCUT2D eigenvalue weighted by Gasteiger charge is -2.40. The van der Waals surface area contributed by atoms with Gasteiger partial charge in [-0.3, -0.25) is 18.9 Å². The van der Waals surface area contributed by atoms with E-state index in [-0.39, 0.29) is 23.3 Å². The molecule has 3 amide bonds. The number of hydrogen-bond donors (Lipinski definition) is 6. The molecule has 1 unspecified atom stereocenters. The van der Waals surface area contributed by atoms with Gasteiger partial charge in [-0.25, -0.2) is 9.36 Å². The molecule has 0 saturated heterocycles. The topological polar surface area (TPSA) is 195 Å². The van der Waals surface area contributed by atoms with Gasteiger partial charge in [-0.1, -0.05) is 84.9 Å². The Morgan fingerprint density at radius 2 is 1.55 bits per heavy atom. The maximum atomic E-state index is 14.0. The van der Waals surface area contributed by atoms with Crippen molar-refractivity contribution < 1.29 is 43.2 Å². The fourth-order valence-electron chi connectivity index (χ4n) is 4.78. The van der Waals surface area contributed by atoms with Crippen molar-refractivity contribution in [2.24, 2.45) is 11.3 Å². The van der Waals surface area contributed by atoms with E-state index < -0.39 is 61.3 Å². The summed E-state index contributed by atoms with van der Waals surface area (Å²) in [5.41, 5.74) is -0.291. The highest BCUT2D eigenvalue weighted by molar-refractivity contribution is 7.46. The summed E-state index contributed by atoms with van der Waals surface area (Å²) < 4.78 is 15.2. The second-order valence-electron chi connectivity index (χ2n) is 12.8. The van der Waals surface area contributed by atoms with Crippen LogP contribution in [-0.2, 0) is 33.7 Å². The minimum Gasteiger partial charge on any atom is -0.480 e. The first-order valence-corrected chi connectivity index (χ1v) is 15.8. The molecule has 0 aliphatic rings. The number of carbonyl (C=O) groups is 4. The Kier molecular flexibility index (Phi) is 13.9. The molecule has 0 saturated carbocycles. The van der Waals surface area contributed by atoms with Gasteiger partial charge in [0.25, 0.3) is 0 Å². The van der Waals surface area contributed by atoms with Gasteiger partial charge < -0.3 is 35.7 Å². The van der Waals surface area contributed by atoms with Gasteiger partial charge in [-0.15, -0.1) is 0 Å². The molecule has 13 nitrogen and oxygen atoms in total. The number of phosphoric ester groups is 1. The molecule has 1 aromatic carbocycles. The number of carboxylic acid groups (broad SMARTS) is 1. The summed E-state index contributed by atoms with van der Waals surface area (Å²) in [6.07, 6.45) is 1.51. The van der Waals surface area contributed by atoms with Crippen LogP contribution in [0.4, 0.5) is 0 Å². The third-order valence-corrected chi connectivity index (χ3v) is 7.94. The van der Waals surface area contributed by atoms with Crippen LogP contribution in [-0.4, -0.2) is 88.4 Å². The van der Waals surface area contributed by atoms with Gasteiger partial charge in [0.2, 0.25) is 17.7 Å². The number of nitrogens with zero attached hydrogens (tertiary/aromatic N) is 1. The summed E-state index contributed by atoms with van der Waals surface area (Å²) in [4.78, 5) is 71.3. The number of benzene rings is 1. The number of likely N-dealkylation sites (N-methyl/N-ethyl adjacent to an activating group) is 2. The predicted molar refractivity (Wildman–Crippen MR) is 166 cm³/mol. The first kappa shape index (κ1) is 38.9. The highest BCUT2D eigenvalue weighted by atomic mass is 31.2. The fraction of sp³-hybridized carbons (Fsp3) is 0.600. The maximum absolute atomic E-state index is 14.0. The van der Waals surface area contributed by atoms with Crippen LogP contribution in [0.5, 0.6) is 0 Å². The normalized spacial score (nSPS) is 15.6. The van der Waals surface area contributed by atoms with E-state index in [0.717, 1.165) is 5.56 Å².